The smallest absolute Gasteiger partial charge is 0.191 e. The van der Waals surface area contributed by atoms with E-state index in [0.29, 0.717) is 6.04 Å². The summed E-state index contributed by atoms with van der Waals surface area (Å²) in [5.41, 5.74) is 1.27. The van der Waals surface area contributed by atoms with E-state index in [1.165, 1.54) is 18.4 Å². The number of methoxy groups -OCH3 is 1. The van der Waals surface area contributed by atoms with E-state index in [2.05, 4.69) is 43.5 Å². The lowest BCUT2D eigenvalue weighted by Gasteiger charge is -2.24. The van der Waals surface area contributed by atoms with E-state index in [-0.39, 0.29) is 29.4 Å². The zero-order valence-electron chi connectivity index (χ0n) is 14.0. The number of rotatable bonds is 6. The Balaban J connectivity index is 0.00000242. The van der Waals surface area contributed by atoms with Gasteiger partial charge in [-0.05, 0) is 37.5 Å². The van der Waals surface area contributed by atoms with Crippen molar-refractivity contribution in [3.63, 3.8) is 0 Å². The van der Waals surface area contributed by atoms with E-state index in [4.69, 9.17) is 9.73 Å². The summed E-state index contributed by atoms with van der Waals surface area (Å²) in [6, 6.07) is 8.88. The molecule has 1 saturated carbocycles. The van der Waals surface area contributed by atoms with Gasteiger partial charge in [-0.15, -0.1) is 24.0 Å². The molecule has 1 aliphatic rings. The molecule has 0 spiro atoms. The first-order valence-electron chi connectivity index (χ1n) is 7.74. The second kappa shape index (κ2) is 8.60. The molecule has 0 aliphatic heterocycles. The molecule has 0 bridgehead atoms. The van der Waals surface area contributed by atoms with Crippen LogP contribution in [-0.4, -0.2) is 32.2 Å². The Morgan fingerprint density at radius 3 is 2.41 bits per heavy atom. The minimum Gasteiger partial charge on any atom is -0.497 e. The second-order valence-electron chi connectivity index (χ2n) is 6.23. The Hall–Kier alpha value is -0.980. The average Bonchev–Trinajstić information content (AvgIpc) is 3.29. The summed E-state index contributed by atoms with van der Waals surface area (Å²) in [4.78, 5) is 4.75. The highest BCUT2D eigenvalue weighted by Gasteiger charge is 2.24. The summed E-state index contributed by atoms with van der Waals surface area (Å²) in [5, 5.41) is 6.77. The number of nitrogens with one attached hydrogen (secondary N) is 2. The van der Waals surface area contributed by atoms with E-state index in [9.17, 15) is 0 Å². The molecule has 1 aromatic rings. The summed E-state index contributed by atoms with van der Waals surface area (Å²) in [5.74, 6) is 1.82. The van der Waals surface area contributed by atoms with Gasteiger partial charge in [-0.1, -0.05) is 26.0 Å². The predicted octanol–water partition coefficient (Wildman–Crippen LogP) is 3.31. The monoisotopic (exact) mass is 417 g/mol. The molecule has 0 amide bonds. The number of benzene rings is 1. The molecular formula is C17H28IN3O. The van der Waals surface area contributed by atoms with Crippen LogP contribution in [0.2, 0.25) is 0 Å². The molecule has 124 valence electrons. The normalized spacial score (nSPS) is 15.0. The molecule has 0 heterocycles. The van der Waals surface area contributed by atoms with Gasteiger partial charge in [-0.2, -0.15) is 0 Å². The van der Waals surface area contributed by atoms with Crippen LogP contribution in [0.3, 0.4) is 0 Å². The molecule has 4 nitrogen and oxygen atoms in total. The molecule has 5 heteroatoms. The predicted molar refractivity (Wildman–Crippen MR) is 104 cm³/mol. The maximum atomic E-state index is 5.22. The summed E-state index contributed by atoms with van der Waals surface area (Å²) < 4.78 is 5.22. The summed E-state index contributed by atoms with van der Waals surface area (Å²) in [7, 11) is 1.69. The Morgan fingerprint density at radius 1 is 1.27 bits per heavy atom. The van der Waals surface area contributed by atoms with Gasteiger partial charge in [0.25, 0.3) is 0 Å². The van der Waals surface area contributed by atoms with Crippen molar-refractivity contribution in [3.8, 4) is 5.75 Å². The summed E-state index contributed by atoms with van der Waals surface area (Å²) in [6.07, 6.45) is 2.51. The van der Waals surface area contributed by atoms with Crippen LogP contribution in [0, 0.1) is 0 Å². The summed E-state index contributed by atoms with van der Waals surface area (Å²) in [6.45, 7) is 8.18. The van der Waals surface area contributed by atoms with Crippen molar-refractivity contribution in [2.75, 3.05) is 20.2 Å². The molecule has 2 N–H and O–H groups in total. The van der Waals surface area contributed by atoms with Crippen LogP contribution in [0.4, 0.5) is 0 Å². The fourth-order valence-corrected chi connectivity index (χ4v) is 2.15. The maximum Gasteiger partial charge on any atom is 0.191 e. The molecule has 22 heavy (non-hydrogen) atoms. The van der Waals surface area contributed by atoms with Gasteiger partial charge in [0.2, 0.25) is 0 Å². The van der Waals surface area contributed by atoms with Gasteiger partial charge in [0.15, 0.2) is 5.96 Å². The summed E-state index contributed by atoms with van der Waals surface area (Å²) >= 11 is 0. The first-order chi connectivity index (χ1) is 10.0. The third kappa shape index (κ3) is 5.66. The first-order valence-corrected chi connectivity index (χ1v) is 7.74. The van der Waals surface area contributed by atoms with Crippen molar-refractivity contribution in [1.29, 1.82) is 0 Å². The van der Waals surface area contributed by atoms with Crippen molar-refractivity contribution in [1.82, 2.24) is 10.6 Å². The molecule has 1 aliphatic carbocycles. The number of halogens is 1. The van der Waals surface area contributed by atoms with E-state index >= 15 is 0 Å². The van der Waals surface area contributed by atoms with E-state index in [0.717, 1.165) is 24.8 Å². The number of guanidine groups is 1. The zero-order valence-corrected chi connectivity index (χ0v) is 16.3. The largest absolute Gasteiger partial charge is 0.497 e. The van der Waals surface area contributed by atoms with Crippen LogP contribution in [-0.2, 0) is 5.41 Å². The van der Waals surface area contributed by atoms with Crippen molar-refractivity contribution < 1.29 is 4.74 Å². The molecule has 0 radical (unpaired) electrons. The fourth-order valence-electron chi connectivity index (χ4n) is 2.15. The molecule has 0 atom stereocenters. The Kier molecular flexibility index (Phi) is 7.45. The van der Waals surface area contributed by atoms with Crippen molar-refractivity contribution in [2.45, 2.75) is 45.1 Å². The van der Waals surface area contributed by atoms with E-state index in [1.54, 1.807) is 7.11 Å². The number of nitrogens with zero attached hydrogens (tertiary/aromatic N) is 1. The molecule has 0 unspecified atom stereocenters. The molecule has 1 fully saturated rings. The van der Waals surface area contributed by atoms with Gasteiger partial charge >= 0.3 is 0 Å². The highest BCUT2D eigenvalue weighted by atomic mass is 127. The van der Waals surface area contributed by atoms with Crippen LogP contribution >= 0.6 is 24.0 Å². The van der Waals surface area contributed by atoms with E-state index in [1.807, 2.05) is 12.1 Å². The van der Waals surface area contributed by atoms with Crippen LogP contribution in [0.25, 0.3) is 0 Å². The van der Waals surface area contributed by atoms with Gasteiger partial charge in [0.05, 0.1) is 13.7 Å². The van der Waals surface area contributed by atoms with Crippen molar-refractivity contribution >= 4 is 29.9 Å². The second-order valence-corrected chi connectivity index (χ2v) is 6.23. The van der Waals surface area contributed by atoms with Gasteiger partial charge in [0.1, 0.15) is 5.75 Å². The minimum atomic E-state index is -0.00181. The van der Waals surface area contributed by atoms with Crippen molar-refractivity contribution in [2.24, 2.45) is 4.99 Å². The lowest BCUT2D eigenvalue weighted by molar-refractivity contribution is 0.414. The van der Waals surface area contributed by atoms with Gasteiger partial charge < -0.3 is 15.4 Å². The maximum absolute atomic E-state index is 5.22. The van der Waals surface area contributed by atoms with E-state index < -0.39 is 0 Å². The van der Waals surface area contributed by atoms with Crippen LogP contribution in [0.5, 0.6) is 5.75 Å². The Bertz CT molecular complexity index is 481. The van der Waals surface area contributed by atoms with Gasteiger partial charge in [-0.25, -0.2) is 0 Å². The first kappa shape index (κ1) is 19.1. The van der Waals surface area contributed by atoms with Crippen LogP contribution < -0.4 is 15.4 Å². The van der Waals surface area contributed by atoms with Crippen LogP contribution in [0.1, 0.15) is 39.2 Å². The molecular weight excluding hydrogens is 389 g/mol. The number of aliphatic imine (C=N–C) groups is 1. The van der Waals surface area contributed by atoms with Gasteiger partial charge in [0, 0.05) is 18.0 Å². The van der Waals surface area contributed by atoms with Crippen LogP contribution in [0.15, 0.2) is 29.3 Å². The third-order valence-corrected chi connectivity index (χ3v) is 3.77. The minimum absolute atomic E-state index is 0. The quantitative estimate of drug-likeness (QED) is 0.424. The number of hydrogen-bond donors (Lipinski definition) is 2. The topological polar surface area (TPSA) is 45.7 Å². The van der Waals surface area contributed by atoms with Crippen molar-refractivity contribution in [3.05, 3.63) is 29.8 Å². The average molecular weight is 417 g/mol. The molecule has 0 aromatic heterocycles. The molecule has 0 saturated heterocycles. The van der Waals surface area contributed by atoms with Gasteiger partial charge in [-0.3, -0.25) is 4.99 Å². The number of hydrogen-bond acceptors (Lipinski definition) is 2. The SMILES string of the molecule is CCNC(=NCC(C)(C)c1ccc(OC)cc1)NC1CC1.I. The Labute approximate surface area is 151 Å². The molecule has 1 aromatic carbocycles. The molecule has 2 rings (SSSR count). The standard InChI is InChI=1S/C17H27N3O.HI/c1-5-18-16(20-14-8-9-14)19-12-17(2,3)13-6-10-15(21-4)11-7-13;/h6-7,10-11,14H,5,8-9,12H2,1-4H3,(H2,18,19,20);1H. The number of ether oxygens (including phenoxy) is 1. The fraction of sp³-hybridized carbons (Fsp3) is 0.588. The highest BCUT2D eigenvalue weighted by molar-refractivity contribution is 14.0. The lowest BCUT2D eigenvalue weighted by Crippen LogP contribution is -2.39. The third-order valence-electron chi connectivity index (χ3n) is 3.77. The lowest BCUT2D eigenvalue weighted by atomic mass is 9.85. The Morgan fingerprint density at radius 2 is 1.91 bits per heavy atom. The highest BCUT2D eigenvalue weighted by Crippen LogP contribution is 2.25. The zero-order chi connectivity index (χ0) is 15.3.